The Hall–Kier alpha value is -1.51. The number of carbonyl (C=O) groups excluding carboxylic acids is 1. The molecule has 0 aliphatic heterocycles. The van der Waals surface area contributed by atoms with Gasteiger partial charge in [-0.15, -0.1) is 0 Å². The average molecular weight is 260 g/mol. The minimum Gasteiger partial charge on any atom is -0.397 e. The van der Waals surface area contributed by atoms with E-state index in [1.807, 2.05) is 25.1 Å². The molecule has 3 N–H and O–H groups in total. The number of amides is 1. The topological polar surface area (TPSA) is 55.1 Å². The third-order valence-electron chi connectivity index (χ3n) is 4.08. The van der Waals surface area contributed by atoms with E-state index in [0.717, 1.165) is 18.0 Å². The smallest absolute Gasteiger partial charge is 0.227 e. The molecule has 0 spiro atoms. The van der Waals surface area contributed by atoms with E-state index in [1.165, 1.54) is 32.1 Å². The first kappa shape index (κ1) is 13.9. The number of nitrogens with one attached hydrogen (secondary N) is 1. The maximum atomic E-state index is 12.2. The quantitative estimate of drug-likeness (QED) is 0.809. The number of benzene rings is 1. The van der Waals surface area contributed by atoms with Gasteiger partial charge in [-0.1, -0.05) is 51.2 Å². The summed E-state index contributed by atoms with van der Waals surface area (Å²) in [6, 6.07) is 7.41. The van der Waals surface area contributed by atoms with Crippen LogP contribution in [0.5, 0.6) is 0 Å². The normalized spacial score (nSPS) is 17.9. The predicted molar refractivity (Wildman–Crippen MR) is 79.8 cm³/mol. The zero-order valence-corrected chi connectivity index (χ0v) is 11.7. The Kier molecular flexibility index (Phi) is 4.83. The first-order chi connectivity index (χ1) is 9.16. The number of anilines is 2. The van der Waals surface area contributed by atoms with Crippen LogP contribution in [0.2, 0.25) is 0 Å². The highest BCUT2D eigenvalue weighted by molar-refractivity contribution is 5.95. The van der Waals surface area contributed by atoms with Crippen LogP contribution >= 0.6 is 0 Å². The van der Waals surface area contributed by atoms with Gasteiger partial charge in [-0.3, -0.25) is 4.79 Å². The Labute approximate surface area is 115 Å². The van der Waals surface area contributed by atoms with Crippen LogP contribution < -0.4 is 11.1 Å². The van der Waals surface area contributed by atoms with Gasteiger partial charge in [0.1, 0.15) is 0 Å². The van der Waals surface area contributed by atoms with E-state index in [1.54, 1.807) is 6.07 Å². The second-order valence-corrected chi connectivity index (χ2v) is 5.72. The van der Waals surface area contributed by atoms with Crippen molar-refractivity contribution in [1.82, 2.24) is 0 Å². The lowest BCUT2D eigenvalue weighted by Gasteiger charge is -2.24. The zero-order valence-electron chi connectivity index (χ0n) is 11.7. The maximum Gasteiger partial charge on any atom is 0.227 e. The predicted octanol–water partition coefficient (Wildman–Crippen LogP) is 3.81. The van der Waals surface area contributed by atoms with E-state index >= 15 is 0 Å². The molecular weight excluding hydrogens is 236 g/mol. The highest BCUT2D eigenvalue weighted by atomic mass is 16.1. The molecule has 1 unspecified atom stereocenters. The molecule has 1 aliphatic carbocycles. The largest absolute Gasteiger partial charge is 0.397 e. The molecule has 104 valence electrons. The van der Waals surface area contributed by atoms with E-state index in [9.17, 15) is 4.79 Å². The Morgan fingerprint density at radius 1 is 1.32 bits per heavy atom. The molecule has 1 atom stereocenters. The van der Waals surface area contributed by atoms with Crippen LogP contribution in [-0.2, 0) is 4.79 Å². The number of nitrogen functional groups attached to an aromatic ring is 1. The van der Waals surface area contributed by atoms with Gasteiger partial charge < -0.3 is 11.1 Å². The van der Waals surface area contributed by atoms with Crippen LogP contribution in [-0.4, -0.2) is 5.91 Å². The molecule has 1 aliphatic rings. The standard InChI is InChI=1S/C16H24N2O/c1-12(11-13-7-3-2-4-8-13)16(19)18-15-10-6-5-9-14(15)17/h5-6,9-10,12-13H,2-4,7-8,11,17H2,1H3,(H,18,19). The van der Waals surface area contributed by atoms with Crippen molar-refractivity contribution in [1.29, 1.82) is 0 Å². The molecule has 0 radical (unpaired) electrons. The summed E-state index contributed by atoms with van der Waals surface area (Å²) in [6.07, 6.45) is 7.57. The van der Waals surface area contributed by atoms with Crippen molar-refractivity contribution in [3.63, 3.8) is 0 Å². The first-order valence-electron chi connectivity index (χ1n) is 7.32. The van der Waals surface area contributed by atoms with Crippen molar-refractivity contribution in [2.45, 2.75) is 45.4 Å². The molecule has 1 fully saturated rings. The summed E-state index contributed by atoms with van der Waals surface area (Å²) < 4.78 is 0. The number of carbonyl (C=O) groups is 1. The Morgan fingerprint density at radius 3 is 2.68 bits per heavy atom. The van der Waals surface area contributed by atoms with Crippen LogP contribution in [0.15, 0.2) is 24.3 Å². The second kappa shape index (κ2) is 6.60. The van der Waals surface area contributed by atoms with Gasteiger partial charge in [0.2, 0.25) is 5.91 Å². The minimum absolute atomic E-state index is 0.0581. The molecule has 0 bridgehead atoms. The maximum absolute atomic E-state index is 12.2. The number of hydrogen-bond donors (Lipinski definition) is 2. The summed E-state index contributed by atoms with van der Waals surface area (Å²) in [7, 11) is 0. The van der Waals surface area contributed by atoms with E-state index in [4.69, 9.17) is 5.73 Å². The van der Waals surface area contributed by atoms with Crippen molar-refractivity contribution in [3.8, 4) is 0 Å². The van der Waals surface area contributed by atoms with E-state index in [2.05, 4.69) is 5.32 Å². The molecular formula is C16H24N2O. The Bertz CT molecular complexity index is 425. The molecule has 1 aromatic carbocycles. The monoisotopic (exact) mass is 260 g/mol. The van der Waals surface area contributed by atoms with Gasteiger partial charge >= 0.3 is 0 Å². The highest BCUT2D eigenvalue weighted by Gasteiger charge is 2.21. The first-order valence-corrected chi connectivity index (χ1v) is 7.32. The molecule has 19 heavy (non-hydrogen) atoms. The molecule has 2 rings (SSSR count). The van der Waals surface area contributed by atoms with Crippen molar-refractivity contribution in [2.24, 2.45) is 11.8 Å². The number of nitrogens with two attached hydrogens (primary N) is 1. The van der Waals surface area contributed by atoms with Gasteiger partial charge in [-0.2, -0.15) is 0 Å². The van der Waals surface area contributed by atoms with Gasteiger partial charge in [-0.25, -0.2) is 0 Å². The van der Waals surface area contributed by atoms with Crippen LogP contribution in [0.25, 0.3) is 0 Å². The number of hydrogen-bond acceptors (Lipinski definition) is 2. The summed E-state index contributed by atoms with van der Waals surface area (Å²) in [5.41, 5.74) is 7.19. The zero-order chi connectivity index (χ0) is 13.7. The summed E-state index contributed by atoms with van der Waals surface area (Å²) in [5.74, 6) is 0.869. The van der Waals surface area contributed by atoms with Gasteiger partial charge in [0.05, 0.1) is 11.4 Å². The summed E-state index contributed by atoms with van der Waals surface area (Å²) >= 11 is 0. The third kappa shape index (κ3) is 3.98. The van der Waals surface area contributed by atoms with Gasteiger partial charge in [0, 0.05) is 5.92 Å². The molecule has 1 saturated carbocycles. The van der Waals surface area contributed by atoms with Crippen LogP contribution in [0.1, 0.15) is 45.4 Å². The summed E-state index contributed by atoms with van der Waals surface area (Å²) in [4.78, 5) is 12.2. The summed E-state index contributed by atoms with van der Waals surface area (Å²) in [6.45, 7) is 2.02. The third-order valence-corrected chi connectivity index (χ3v) is 4.08. The van der Waals surface area contributed by atoms with Gasteiger partial charge in [-0.05, 0) is 24.5 Å². The van der Waals surface area contributed by atoms with Crippen LogP contribution in [0.4, 0.5) is 11.4 Å². The molecule has 1 aromatic rings. The Balaban J connectivity index is 1.87. The SMILES string of the molecule is CC(CC1CCCCC1)C(=O)Nc1ccccc1N. The van der Waals surface area contributed by atoms with Crippen molar-refractivity contribution in [3.05, 3.63) is 24.3 Å². The number of para-hydroxylation sites is 2. The Morgan fingerprint density at radius 2 is 2.00 bits per heavy atom. The van der Waals surface area contributed by atoms with Crippen LogP contribution in [0.3, 0.4) is 0 Å². The second-order valence-electron chi connectivity index (χ2n) is 5.72. The number of rotatable bonds is 4. The van der Waals surface area contributed by atoms with E-state index in [-0.39, 0.29) is 11.8 Å². The average Bonchev–Trinajstić information content (AvgIpc) is 2.42. The minimum atomic E-state index is 0.0581. The van der Waals surface area contributed by atoms with E-state index < -0.39 is 0 Å². The van der Waals surface area contributed by atoms with Crippen molar-refractivity contribution in [2.75, 3.05) is 11.1 Å². The highest BCUT2D eigenvalue weighted by Crippen LogP contribution is 2.29. The lowest BCUT2D eigenvalue weighted by atomic mass is 9.83. The van der Waals surface area contributed by atoms with Crippen LogP contribution in [0, 0.1) is 11.8 Å². The van der Waals surface area contributed by atoms with Crippen molar-refractivity contribution >= 4 is 17.3 Å². The van der Waals surface area contributed by atoms with Gasteiger partial charge in [0.15, 0.2) is 0 Å². The lowest BCUT2D eigenvalue weighted by Crippen LogP contribution is -2.24. The van der Waals surface area contributed by atoms with Gasteiger partial charge in [0.25, 0.3) is 0 Å². The molecule has 3 heteroatoms. The van der Waals surface area contributed by atoms with Crippen molar-refractivity contribution < 1.29 is 4.79 Å². The fourth-order valence-corrected chi connectivity index (χ4v) is 2.90. The molecule has 0 saturated heterocycles. The molecule has 0 aromatic heterocycles. The molecule has 1 amide bonds. The fourth-order valence-electron chi connectivity index (χ4n) is 2.90. The molecule has 0 heterocycles. The lowest BCUT2D eigenvalue weighted by molar-refractivity contribution is -0.120. The van der Waals surface area contributed by atoms with E-state index in [0.29, 0.717) is 5.69 Å². The fraction of sp³-hybridized carbons (Fsp3) is 0.562. The summed E-state index contributed by atoms with van der Waals surface area (Å²) in [5, 5.41) is 2.94. The molecule has 3 nitrogen and oxygen atoms in total.